The number of carbonyl (C=O) groups excluding carboxylic acids is 2. The van der Waals surface area contributed by atoms with Crippen LogP contribution < -0.4 is 14.8 Å². The van der Waals surface area contributed by atoms with Crippen molar-refractivity contribution in [2.45, 2.75) is 101 Å². The number of aliphatic hydroxyl groups is 1. The molecule has 72 heavy (non-hydrogen) atoms. The second kappa shape index (κ2) is 20.0. The van der Waals surface area contributed by atoms with Gasteiger partial charge in [0.2, 0.25) is 0 Å². The Morgan fingerprint density at radius 1 is 0.778 bits per heavy atom. The van der Waals surface area contributed by atoms with Gasteiger partial charge in [-0.3, -0.25) is 9.59 Å². The van der Waals surface area contributed by atoms with Gasteiger partial charge in [-0.1, -0.05) is 85.7 Å². The molecule has 0 heterocycles. The topological polar surface area (TPSA) is 164 Å². The molecule has 2 saturated carbocycles. The quantitative estimate of drug-likeness (QED) is 0.0742. The summed E-state index contributed by atoms with van der Waals surface area (Å²) in [6.45, 7) is 1.83. The molecule has 7 atom stereocenters. The van der Waals surface area contributed by atoms with Gasteiger partial charge in [0.15, 0.2) is 23.0 Å². The number of rotatable bonds is 12. The lowest BCUT2D eigenvalue weighted by atomic mass is 9.46. The zero-order valence-corrected chi connectivity index (χ0v) is 41.5. The van der Waals surface area contributed by atoms with E-state index < -0.39 is 40.8 Å². The minimum Gasteiger partial charge on any atom is -0.508 e. The number of aliphatic hydroxyl groups excluding tert-OH is 1. The Morgan fingerprint density at radius 2 is 1.54 bits per heavy atom. The average molecular weight is 972 g/mol. The largest absolute Gasteiger partial charge is 0.508 e. The second-order valence-electron chi connectivity index (χ2n) is 20.6. The molecule has 4 aliphatic rings. The van der Waals surface area contributed by atoms with E-state index in [1.807, 2.05) is 73.8 Å². The Labute approximate surface area is 421 Å². The number of hydrogen-bond donors (Lipinski definition) is 5. The summed E-state index contributed by atoms with van der Waals surface area (Å²) in [4.78, 5) is 29.2. The molecule has 5 N–H and O–H groups in total. The molecule has 0 saturated heterocycles. The van der Waals surface area contributed by atoms with Gasteiger partial charge >= 0.3 is 11.9 Å². The monoisotopic (exact) mass is 971 g/mol. The molecule has 7 unspecified atom stereocenters. The smallest absolute Gasteiger partial charge is 0.316 e. The fourth-order valence-corrected chi connectivity index (χ4v) is 13.6. The Morgan fingerprint density at radius 3 is 2.28 bits per heavy atom. The molecule has 0 aliphatic heterocycles. The van der Waals surface area contributed by atoms with Gasteiger partial charge in [-0.15, -0.1) is 0 Å². The van der Waals surface area contributed by atoms with E-state index in [9.17, 15) is 25.2 Å². The van der Waals surface area contributed by atoms with Crippen molar-refractivity contribution >= 4 is 28.8 Å². The van der Waals surface area contributed by atoms with Gasteiger partial charge in [-0.2, -0.15) is 0 Å². The third-order valence-electron chi connectivity index (χ3n) is 16.8. The van der Waals surface area contributed by atoms with Crippen molar-refractivity contribution in [3.05, 3.63) is 154 Å². The number of fused-ring (bicyclic) bond motifs is 7. The van der Waals surface area contributed by atoms with Gasteiger partial charge in [0.05, 0.1) is 26.2 Å². The Kier molecular flexibility index (Phi) is 13.6. The predicted octanol–water partition coefficient (Wildman–Crippen LogP) is 10.8. The molecule has 6 aromatic carbocycles. The molecule has 0 spiro atoms. The fourth-order valence-electron chi connectivity index (χ4n) is 13.6. The molecule has 0 amide bonds. The molecule has 11 heteroatoms. The first-order valence-electron chi connectivity index (χ1n) is 25.4. The molecule has 0 bridgehead atoms. The molecule has 374 valence electrons. The van der Waals surface area contributed by atoms with Gasteiger partial charge in [0.1, 0.15) is 18.0 Å². The van der Waals surface area contributed by atoms with Crippen LogP contribution in [0.1, 0.15) is 103 Å². The maximum absolute atomic E-state index is 15.6. The van der Waals surface area contributed by atoms with Crippen LogP contribution in [0.3, 0.4) is 0 Å². The zero-order valence-electron chi connectivity index (χ0n) is 41.5. The van der Waals surface area contributed by atoms with Crippen LogP contribution in [0.5, 0.6) is 28.7 Å². The summed E-state index contributed by atoms with van der Waals surface area (Å²) >= 11 is 0. The highest BCUT2D eigenvalue weighted by molar-refractivity contribution is 5.99. The highest BCUT2D eigenvalue weighted by atomic mass is 16.6. The fraction of sp³-hybridized carbons (Fsp3) is 0.377. The van der Waals surface area contributed by atoms with E-state index in [4.69, 9.17) is 18.9 Å². The summed E-state index contributed by atoms with van der Waals surface area (Å²) < 4.78 is 25.0. The van der Waals surface area contributed by atoms with Gasteiger partial charge in [0.25, 0.3) is 0 Å². The molecule has 2 fully saturated rings. The minimum atomic E-state index is -0.970. The molecular formula is C61H65NO10. The molecule has 4 aliphatic carbocycles. The molecule has 10 rings (SSSR count). The van der Waals surface area contributed by atoms with Gasteiger partial charge in [-0.05, 0) is 167 Å². The van der Waals surface area contributed by atoms with E-state index in [2.05, 4.69) is 35.7 Å². The van der Waals surface area contributed by atoms with Gasteiger partial charge in [-0.25, -0.2) is 0 Å². The summed E-state index contributed by atoms with van der Waals surface area (Å²) in [5.41, 5.74) is 6.50. The van der Waals surface area contributed by atoms with Crippen molar-refractivity contribution in [2.75, 3.05) is 27.9 Å². The van der Waals surface area contributed by atoms with Crippen molar-refractivity contribution in [2.24, 2.45) is 17.3 Å². The standard InChI is InChI=1S/C61H65NO10/c1-36(64)71-56-31-45(72-59(68)60(20-8-9-21-60)43-17-15-40-24-44(65)29-47(46(40)28-43)39-14-10-13-38(23-39)34-62-2)30-50-48-33-58(70-4)54(66)26-41(48)16-18-51(50)61(22-19-37-11-6-5-7-12-37)52(56)25-42-27-57(69-3)55(67)32-49(42)53(61)35-63/h5-7,10-15,17,19,22-24,26-29,32-33,45,50-53,56,62-63,65-67H,8-9,16,18,20-21,25,30-31,34-35H2,1-4H3. The number of esters is 2. The summed E-state index contributed by atoms with van der Waals surface area (Å²) in [6.07, 6.45) is 7.91. The van der Waals surface area contributed by atoms with Crippen molar-refractivity contribution in [3.8, 4) is 39.9 Å². The number of aromatic hydroxyl groups is 3. The van der Waals surface area contributed by atoms with E-state index in [1.165, 1.54) is 21.1 Å². The lowest BCUT2D eigenvalue weighted by molar-refractivity contribution is -0.169. The summed E-state index contributed by atoms with van der Waals surface area (Å²) in [7, 11) is 4.96. The zero-order chi connectivity index (χ0) is 50.3. The number of benzene rings is 6. The van der Waals surface area contributed by atoms with Crippen molar-refractivity contribution < 1.29 is 49.0 Å². The van der Waals surface area contributed by atoms with Crippen LogP contribution >= 0.6 is 0 Å². The lowest BCUT2D eigenvalue weighted by Gasteiger charge is -2.59. The SMILES string of the molecule is CNCc1cccc(-c2cc(O)cc3ccc(C4(C(=O)OC5CC(OC(C)=O)C6Cc7cc(OC)c(O)cc7C(CO)C6(C=Cc6ccccc6)C6CCc7cc(O)c(OC)cc7C6C5)CCCC4)cc23)c1. The Hall–Kier alpha value is -6.82. The first kappa shape index (κ1) is 48.8. The minimum absolute atomic E-state index is 0.0317. The summed E-state index contributed by atoms with van der Waals surface area (Å²) in [5.74, 6) is -1.52. The van der Waals surface area contributed by atoms with Crippen LogP contribution in [0.25, 0.3) is 28.0 Å². The highest BCUT2D eigenvalue weighted by Gasteiger charge is 2.60. The molecule has 11 nitrogen and oxygen atoms in total. The third kappa shape index (κ3) is 8.74. The van der Waals surface area contributed by atoms with Crippen molar-refractivity contribution in [1.82, 2.24) is 5.32 Å². The number of aryl methyl sites for hydroxylation is 1. The van der Waals surface area contributed by atoms with Crippen LogP contribution in [-0.4, -0.2) is 72.4 Å². The van der Waals surface area contributed by atoms with Crippen molar-refractivity contribution in [1.29, 1.82) is 0 Å². The number of hydrogen-bond acceptors (Lipinski definition) is 11. The maximum Gasteiger partial charge on any atom is 0.316 e. The van der Waals surface area contributed by atoms with E-state index in [-0.39, 0.29) is 48.1 Å². The summed E-state index contributed by atoms with van der Waals surface area (Å²) in [6, 6.07) is 35.2. The number of nitrogens with one attached hydrogen (secondary N) is 1. The first-order chi connectivity index (χ1) is 34.9. The normalized spacial score (nSPS) is 24.2. The highest BCUT2D eigenvalue weighted by Crippen LogP contribution is 2.65. The Bertz CT molecular complexity index is 3030. The van der Waals surface area contributed by atoms with E-state index in [1.54, 1.807) is 24.3 Å². The number of methoxy groups -OCH3 is 2. The summed E-state index contributed by atoms with van der Waals surface area (Å²) in [5, 5.41) is 50.4. The lowest BCUT2D eigenvalue weighted by Crippen LogP contribution is -2.56. The van der Waals surface area contributed by atoms with E-state index in [0.29, 0.717) is 56.6 Å². The number of carbonyl (C=O) groups is 2. The maximum atomic E-state index is 15.6. The number of phenols is 3. The van der Waals surface area contributed by atoms with Crippen LogP contribution in [0.2, 0.25) is 0 Å². The molecule has 6 aromatic rings. The Balaban J connectivity index is 1.13. The van der Waals surface area contributed by atoms with E-state index in [0.717, 1.165) is 73.7 Å². The average Bonchev–Trinajstić information content (AvgIpc) is 3.88. The molecular weight excluding hydrogens is 907 g/mol. The van der Waals surface area contributed by atoms with Crippen LogP contribution in [0.4, 0.5) is 0 Å². The third-order valence-corrected chi connectivity index (χ3v) is 16.8. The van der Waals surface area contributed by atoms with E-state index >= 15 is 4.79 Å². The second-order valence-corrected chi connectivity index (χ2v) is 20.6. The van der Waals surface area contributed by atoms with Crippen LogP contribution in [0.15, 0.2) is 115 Å². The number of ether oxygens (including phenoxy) is 4. The predicted molar refractivity (Wildman–Crippen MR) is 277 cm³/mol. The number of phenolic OH excluding ortho intramolecular Hbond substituents is 3. The first-order valence-corrected chi connectivity index (χ1v) is 25.4. The van der Waals surface area contributed by atoms with Crippen LogP contribution in [-0.2, 0) is 43.9 Å². The molecule has 0 radical (unpaired) electrons. The van der Waals surface area contributed by atoms with Gasteiger partial charge < -0.3 is 44.7 Å². The molecule has 0 aromatic heterocycles. The van der Waals surface area contributed by atoms with Crippen molar-refractivity contribution in [3.63, 3.8) is 0 Å². The number of allylic oxidation sites excluding steroid dienone is 1. The van der Waals surface area contributed by atoms with Gasteiger partial charge in [0, 0.05) is 37.1 Å². The van der Waals surface area contributed by atoms with Crippen LogP contribution in [0, 0.1) is 17.3 Å².